The largest absolute Gasteiger partial charge is 0.325 e. The maximum absolute atomic E-state index is 12.4. The molecule has 0 spiro atoms. The van der Waals surface area contributed by atoms with E-state index in [1.165, 1.54) is 0 Å². The molecule has 100 valence electrons. The van der Waals surface area contributed by atoms with Gasteiger partial charge in [0.05, 0.1) is 0 Å². The number of rotatable bonds is 3. The molecule has 0 aliphatic carbocycles. The van der Waals surface area contributed by atoms with Crippen LogP contribution < -0.4 is 0 Å². The lowest BCUT2D eigenvalue weighted by Gasteiger charge is -2.37. The number of urea groups is 1. The third-order valence-electron chi connectivity index (χ3n) is 3.49. The first kappa shape index (κ1) is 14.3. The molecule has 1 rings (SSSR count). The van der Waals surface area contributed by atoms with Crippen LogP contribution in [-0.4, -0.2) is 41.5 Å². The number of carbonyl (C=O) groups excluding carboxylic acids is 1. The molecule has 0 aromatic heterocycles. The van der Waals surface area contributed by atoms with E-state index >= 15 is 0 Å². The Morgan fingerprint density at radius 3 is 2.18 bits per heavy atom. The van der Waals surface area contributed by atoms with E-state index in [1.807, 2.05) is 9.80 Å². The van der Waals surface area contributed by atoms with Gasteiger partial charge in [-0.2, -0.15) is 0 Å². The SMILES string of the molecule is CC(C)CN(C(=O)N1CCC(C)CC1)C(C)C. The van der Waals surface area contributed by atoms with Gasteiger partial charge in [0, 0.05) is 25.7 Å². The van der Waals surface area contributed by atoms with E-state index in [-0.39, 0.29) is 6.03 Å². The number of nitrogens with zero attached hydrogens (tertiary/aromatic N) is 2. The molecule has 0 aromatic carbocycles. The summed E-state index contributed by atoms with van der Waals surface area (Å²) in [5, 5.41) is 0. The van der Waals surface area contributed by atoms with Gasteiger partial charge in [0.25, 0.3) is 0 Å². The molecule has 0 bridgehead atoms. The Morgan fingerprint density at radius 1 is 1.24 bits per heavy atom. The Hall–Kier alpha value is -0.730. The number of piperidine rings is 1. The van der Waals surface area contributed by atoms with Crippen LogP contribution in [0.25, 0.3) is 0 Å². The smallest absolute Gasteiger partial charge is 0.320 e. The van der Waals surface area contributed by atoms with Crippen LogP contribution in [0.4, 0.5) is 4.79 Å². The van der Waals surface area contributed by atoms with Crippen molar-refractivity contribution in [1.82, 2.24) is 9.80 Å². The fraction of sp³-hybridized carbons (Fsp3) is 0.929. The van der Waals surface area contributed by atoms with E-state index in [9.17, 15) is 4.79 Å². The number of carbonyl (C=O) groups is 1. The second kappa shape index (κ2) is 6.27. The summed E-state index contributed by atoms with van der Waals surface area (Å²) in [5.41, 5.74) is 0. The lowest BCUT2D eigenvalue weighted by atomic mass is 9.99. The summed E-state index contributed by atoms with van der Waals surface area (Å²) in [4.78, 5) is 16.5. The van der Waals surface area contributed by atoms with Crippen molar-refractivity contribution in [3.63, 3.8) is 0 Å². The first-order valence-electron chi connectivity index (χ1n) is 6.97. The zero-order valence-electron chi connectivity index (χ0n) is 12.1. The maximum atomic E-state index is 12.4. The number of amides is 2. The van der Waals surface area contributed by atoms with E-state index in [4.69, 9.17) is 0 Å². The highest BCUT2D eigenvalue weighted by Crippen LogP contribution is 2.18. The van der Waals surface area contributed by atoms with Gasteiger partial charge >= 0.3 is 6.03 Å². The van der Waals surface area contributed by atoms with E-state index in [0.717, 1.165) is 38.4 Å². The molecule has 1 aliphatic rings. The molecule has 1 saturated heterocycles. The first-order chi connectivity index (χ1) is 7.91. The van der Waals surface area contributed by atoms with Gasteiger partial charge in [-0.3, -0.25) is 0 Å². The standard InChI is InChI=1S/C14H28N2O/c1-11(2)10-16(12(3)4)14(17)15-8-6-13(5)7-9-15/h11-13H,6-10H2,1-5H3. The lowest BCUT2D eigenvalue weighted by molar-refractivity contribution is 0.118. The van der Waals surface area contributed by atoms with Crippen LogP contribution in [0, 0.1) is 11.8 Å². The van der Waals surface area contributed by atoms with Gasteiger partial charge < -0.3 is 9.80 Å². The molecule has 1 fully saturated rings. The minimum Gasteiger partial charge on any atom is -0.325 e. The van der Waals surface area contributed by atoms with Gasteiger partial charge in [0.15, 0.2) is 0 Å². The molecule has 0 radical (unpaired) electrons. The van der Waals surface area contributed by atoms with E-state index in [2.05, 4.69) is 34.6 Å². The summed E-state index contributed by atoms with van der Waals surface area (Å²) >= 11 is 0. The van der Waals surface area contributed by atoms with Gasteiger partial charge in [0.2, 0.25) is 0 Å². The second-order valence-electron chi connectivity index (χ2n) is 6.09. The first-order valence-corrected chi connectivity index (χ1v) is 6.97. The van der Waals surface area contributed by atoms with E-state index < -0.39 is 0 Å². The van der Waals surface area contributed by atoms with Crippen LogP contribution in [0.5, 0.6) is 0 Å². The molecule has 0 saturated carbocycles. The van der Waals surface area contributed by atoms with Crippen molar-refractivity contribution in [2.24, 2.45) is 11.8 Å². The third kappa shape index (κ3) is 4.21. The van der Waals surface area contributed by atoms with E-state index in [1.54, 1.807) is 0 Å². The summed E-state index contributed by atoms with van der Waals surface area (Å²) in [6.07, 6.45) is 2.30. The van der Waals surface area contributed by atoms with Crippen molar-refractivity contribution in [3.05, 3.63) is 0 Å². The minimum atomic E-state index is 0.237. The molecule has 1 aliphatic heterocycles. The summed E-state index contributed by atoms with van der Waals surface area (Å²) in [6.45, 7) is 13.5. The normalized spacial score (nSPS) is 17.9. The number of hydrogen-bond acceptors (Lipinski definition) is 1. The predicted molar refractivity (Wildman–Crippen MR) is 72.0 cm³/mol. The van der Waals surface area contributed by atoms with Crippen LogP contribution >= 0.6 is 0 Å². The van der Waals surface area contributed by atoms with Gasteiger partial charge in [-0.1, -0.05) is 20.8 Å². The Balaban J connectivity index is 2.58. The van der Waals surface area contributed by atoms with Crippen molar-refractivity contribution < 1.29 is 4.79 Å². The van der Waals surface area contributed by atoms with Crippen LogP contribution in [0.3, 0.4) is 0 Å². The molecule has 0 unspecified atom stereocenters. The molecule has 3 heteroatoms. The zero-order valence-corrected chi connectivity index (χ0v) is 12.1. The molecule has 0 aromatic rings. The van der Waals surface area contributed by atoms with Crippen molar-refractivity contribution in [3.8, 4) is 0 Å². The average Bonchev–Trinajstić information content (AvgIpc) is 2.25. The van der Waals surface area contributed by atoms with Crippen LogP contribution in [0.2, 0.25) is 0 Å². The molecule has 2 amide bonds. The Kier molecular flexibility index (Phi) is 5.29. The molecule has 17 heavy (non-hydrogen) atoms. The predicted octanol–water partition coefficient (Wildman–Crippen LogP) is 3.20. The summed E-state index contributed by atoms with van der Waals surface area (Å²) in [5.74, 6) is 1.31. The zero-order chi connectivity index (χ0) is 13.0. The Morgan fingerprint density at radius 2 is 1.76 bits per heavy atom. The highest BCUT2D eigenvalue weighted by Gasteiger charge is 2.26. The molecular formula is C14H28N2O. The molecule has 3 nitrogen and oxygen atoms in total. The van der Waals surface area contributed by atoms with Gasteiger partial charge in [-0.15, -0.1) is 0 Å². The van der Waals surface area contributed by atoms with Crippen molar-refractivity contribution in [2.45, 2.75) is 53.5 Å². The summed E-state index contributed by atoms with van der Waals surface area (Å²) < 4.78 is 0. The fourth-order valence-electron chi connectivity index (χ4n) is 2.28. The second-order valence-corrected chi connectivity index (χ2v) is 6.09. The monoisotopic (exact) mass is 240 g/mol. The third-order valence-corrected chi connectivity index (χ3v) is 3.49. The molecule has 0 N–H and O–H groups in total. The highest BCUT2D eigenvalue weighted by molar-refractivity contribution is 5.74. The summed E-state index contributed by atoms with van der Waals surface area (Å²) in [7, 11) is 0. The highest BCUT2D eigenvalue weighted by atomic mass is 16.2. The van der Waals surface area contributed by atoms with Gasteiger partial charge in [0.1, 0.15) is 0 Å². The lowest BCUT2D eigenvalue weighted by Crippen LogP contribution is -2.50. The minimum absolute atomic E-state index is 0.237. The van der Waals surface area contributed by atoms with Crippen molar-refractivity contribution in [1.29, 1.82) is 0 Å². The van der Waals surface area contributed by atoms with Crippen LogP contribution in [0.15, 0.2) is 0 Å². The molecular weight excluding hydrogens is 212 g/mol. The van der Waals surface area contributed by atoms with Crippen molar-refractivity contribution >= 4 is 6.03 Å². The van der Waals surface area contributed by atoms with Gasteiger partial charge in [-0.25, -0.2) is 4.79 Å². The van der Waals surface area contributed by atoms with Crippen molar-refractivity contribution in [2.75, 3.05) is 19.6 Å². The maximum Gasteiger partial charge on any atom is 0.320 e. The molecule has 1 heterocycles. The fourth-order valence-corrected chi connectivity index (χ4v) is 2.28. The summed E-state index contributed by atoms with van der Waals surface area (Å²) in [6, 6.07) is 0.532. The Labute approximate surface area is 106 Å². The number of hydrogen-bond donors (Lipinski definition) is 0. The topological polar surface area (TPSA) is 23.6 Å². The molecule has 0 atom stereocenters. The van der Waals surface area contributed by atoms with Crippen LogP contribution in [0.1, 0.15) is 47.5 Å². The Bertz CT molecular complexity index is 243. The van der Waals surface area contributed by atoms with Crippen LogP contribution in [-0.2, 0) is 0 Å². The quantitative estimate of drug-likeness (QED) is 0.743. The van der Waals surface area contributed by atoms with E-state index in [0.29, 0.717) is 12.0 Å². The van der Waals surface area contributed by atoms with Gasteiger partial charge in [-0.05, 0) is 38.5 Å². The average molecular weight is 240 g/mol. The number of likely N-dealkylation sites (tertiary alicyclic amines) is 1.